The zero-order valence-corrected chi connectivity index (χ0v) is 24.5. The van der Waals surface area contributed by atoms with Gasteiger partial charge in [-0.15, -0.1) is 0 Å². The molecule has 6 aromatic carbocycles. The highest BCUT2D eigenvalue weighted by Gasteiger charge is 2.44. The van der Waals surface area contributed by atoms with Gasteiger partial charge in [0, 0.05) is 19.6 Å². The minimum atomic E-state index is -2.61. The van der Waals surface area contributed by atoms with Crippen LogP contribution in [-0.2, 0) is 0 Å². The molecule has 0 amide bonds. The van der Waals surface area contributed by atoms with Crippen molar-refractivity contribution in [1.29, 1.82) is 0 Å². The van der Waals surface area contributed by atoms with Gasteiger partial charge in [0.2, 0.25) is 6.71 Å². The highest BCUT2D eigenvalue weighted by molar-refractivity contribution is 8.01. The number of fused-ring (bicyclic) bond motifs is 4. The Bertz CT molecular complexity index is 1690. The van der Waals surface area contributed by atoms with E-state index in [9.17, 15) is 0 Å². The Labute approximate surface area is 245 Å². The van der Waals surface area contributed by atoms with Crippen LogP contribution >= 0.6 is 23.5 Å². The maximum absolute atomic E-state index is 2.61. The van der Waals surface area contributed by atoms with Gasteiger partial charge in [-0.3, -0.25) is 0 Å². The van der Waals surface area contributed by atoms with E-state index in [4.69, 9.17) is 0 Å². The van der Waals surface area contributed by atoms with E-state index in [1.54, 1.807) is 0 Å². The fourth-order valence-electron chi connectivity index (χ4n) is 6.67. The molecule has 0 saturated heterocycles. The summed E-state index contributed by atoms with van der Waals surface area (Å²) in [5.74, 6) is 0. The third-order valence-corrected chi connectivity index (χ3v) is 15.4. The second kappa shape index (κ2) is 9.74. The fraction of sp³-hybridized carbons (Fsp3) is 0. The van der Waals surface area contributed by atoms with Crippen LogP contribution in [0.4, 0.5) is 0 Å². The van der Waals surface area contributed by atoms with E-state index in [0.29, 0.717) is 0 Å². The summed E-state index contributed by atoms with van der Waals surface area (Å²) in [6.45, 7) is 0.273. The van der Waals surface area contributed by atoms with Crippen molar-refractivity contribution < 1.29 is 0 Å². The van der Waals surface area contributed by atoms with Crippen LogP contribution in [0.15, 0.2) is 171 Å². The summed E-state index contributed by atoms with van der Waals surface area (Å²) < 4.78 is 0. The van der Waals surface area contributed by atoms with E-state index in [0.717, 1.165) is 0 Å². The summed E-state index contributed by atoms with van der Waals surface area (Å²) in [5.41, 5.74) is 4.34. The maximum Gasteiger partial charge on any atom is 0.247 e. The Kier molecular flexibility index (Phi) is 5.88. The minimum Gasteiger partial charge on any atom is -0.0911 e. The van der Waals surface area contributed by atoms with Crippen molar-refractivity contribution in [1.82, 2.24) is 0 Å². The maximum atomic E-state index is 2.56. The second-order valence-electron chi connectivity index (χ2n) is 10.4. The lowest BCUT2D eigenvalue weighted by Crippen LogP contribution is -2.75. The van der Waals surface area contributed by atoms with Gasteiger partial charge in [-0.25, -0.2) is 0 Å². The molecule has 6 aromatic rings. The molecule has 2 aliphatic heterocycles. The van der Waals surface area contributed by atoms with Crippen LogP contribution in [-0.4, -0.2) is 14.8 Å². The quantitative estimate of drug-likeness (QED) is 0.230. The lowest BCUT2D eigenvalue weighted by Gasteiger charge is -2.38. The van der Waals surface area contributed by atoms with E-state index in [1.807, 2.05) is 23.5 Å². The van der Waals surface area contributed by atoms with Crippen molar-refractivity contribution in [2.45, 2.75) is 19.6 Å². The molecule has 40 heavy (non-hydrogen) atoms. The molecular formula is C36H25BS2Si. The summed E-state index contributed by atoms with van der Waals surface area (Å²) >= 11 is 3.90. The Morgan fingerprint density at radius 2 is 0.750 bits per heavy atom. The monoisotopic (exact) mass is 560 g/mol. The van der Waals surface area contributed by atoms with Crippen molar-refractivity contribution in [2.24, 2.45) is 0 Å². The molecule has 0 fully saturated rings. The van der Waals surface area contributed by atoms with E-state index in [2.05, 4.69) is 152 Å². The van der Waals surface area contributed by atoms with Gasteiger partial charge < -0.3 is 0 Å². The lowest BCUT2D eigenvalue weighted by molar-refractivity contribution is 1.34. The summed E-state index contributed by atoms with van der Waals surface area (Å²) in [6.07, 6.45) is 0. The molecule has 0 saturated carbocycles. The van der Waals surface area contributed by atoms with Gasteiger partial charge >= 0.3 is 0 Å². The zero-order valence-electron chi connectivity index (χ0n) is 21.8. The molecule has 0 radical (unpaired) electrons. The molecule has 2 heterocycles. The van der Waals surface area contributed by atoms with Crippen LogP contribution in [0.3, 0.4) is 0 Å². The molecule has 8 rings (SSSR count). The summed E-state index contributed by atoms with van der Waals surface area (Å²) in [7, 11) is -2.61. The van der Waals surface area contributed by atoms with E-state index in [1.165, 1.54) is 56.7 Å². The number of benzene rings is 6. The third-order valence-electron chi connectivity index (χ3n) is 8.35. The van der Waals surface area contributed by atoms with Gasteiger partial charge in [0.25, 0.3) is 0 Å². The molecule has 0 bridgehead atoms. The standard InChI is InChI=1S/C36H25BS2Si/c1-4-14-26(15-5-1)40(27-16-6-2-7-17-27,28-18-8-3-9-19-28)29-24-34-36-35(25-29)39-33-23-13-11-21-31(33)37(36)30-20-10-12-22-32(30)38-34/h1-25H. The Hall–Kier alpha value is -3.70. The van der Waals surface area contributed by atoms with Gasteiger partial charge in [0.05, 0.1) is 0 Å². The Balaban J connectivity index is 1.47. The van der Waals surface area contributed by atoms with Crippen LogP contribution in [0.2, 0.25) is 0 Å². The predicted octanol–water partition coefficient (Wildman–Crippen LogP) is 4.51. The summed E-state index contributed by atoms with van der Waals surface area (Å²) in [6, 6.07) is 56.9. The van der Waals surface area contributed by atoms with Gasteiger partial charge in [0.15, 0.2) is 8.07 Å². The van der Waals surface area contributed by atoms with E-state index in [-0.39, 0.29) is 6.71 Å². The molecule has 0 spiro atoms. The third kappa shape index (κ3) is 3.63. The van der Waals surface area contributed by atoms with Crippen molar-refractivity contribution >= 4 is 75.4 Å². The van der Waals surface area contributed by atoms with Gasteiger partial charge in [0.1, 0.15) is 0 Å². The van der Waals surface area contributed by atoms with Crippen molar-refractivity contribution in [3.63, 3.8) is 0 Å². The van der Waals surface area contributed by atoms with Crippen LogP contribution in [0.5, 0.6) is 0 Å². The molecule has 0 aliphatic carbocycles. The Morgan fingerprint density at radius 3 is 1.18 bits per heavy atom. The molecule has 0 N–H and O–H groups in total. The van der Waals surface area contributed by atoms with Crippen LogP contribution in [0.1, 0.15) is 0 Å². The van der Waals surface area contributed by atoms with Gasteiger partial charge in [-0.05, 0) is 50.5 Å². The molecule has 188 valence electrons. The zero-order chi connectivity index (χ0) is 26.5. The van der Waals surface area contributed by atoms with Crippen molar-refractivity contribution in [2.75, 3.05) is 0 Å². The largest absolute Gasteiger partial charge is 0.247 e. The summed E-state index contributed by atoms with van der Waals surface area (Å²) in [5, 5.41) is 5.69. The van der Waals surface area contributed by atoms with E-state index < -0.39 is 8.07 Å². The van der Waals surface area contributed by atoms with Crippen molar-refractivity contribution in [3.05, 3.63) is 152 Å². The van der Waals surface area contributed by atoms with Crippen molar-refractivity contribution in [3.8, 4) is 0 Å². The molecule has 0 atom stereocenters. The Morgan fingerprint density at radius 1 is 0.375 bits per heavy atom. The summed E-state index contributed by atoms with van der Waals surface area (Å²) in [4.78, 5) is 5.54. The predicted molar refractivity (Wildman–Crippen MR) is 176 cm³/mol. The fourth-order valence-corrected chi connectivity index (χ4v) is 14.2. The van der Waals surface area contributed by atoms with Gasteiger partial charge in [-0.1, -0.05) is 162 Å². The van der Waals surface area contributed by atoms with Crippen LogP contribution < -0.4 is 37.1 Å². The number of hydrogen-bond donors (Lipinski definition) is 0. The average molecular weight is 561 g/mol. The first-order valence-corrected chi connectivity index (χ1v) is 17.4. The first kappa shape index (κ1) is 24.1. The second-order valence-corrected chi connectivity index (χ2v) is 16.4. The topological polar surface area (TPSA) is 0 Å². The van der Waals surface area contributed by atoms with Crippen LogP contribution in [0, 0.1) is 0 Å². The van der Waals surface area contributed by atoms with Crippen LogP contribution in [0.25, 0.3) is 0 Å². The molecule has 0 nitrogen and oxygen atoms in total. The molecule has 0 aromatic heterocycles. The highest BCUT2D eigenvalue weighted by Crippen LogP contribution is 2.38. The normalized spacial score (nSPS) is 13.2. The van der Waals surface area contributed by atoms with E-state index >= 15 is 0 Å². The first-order chi connectivity index (χ1) is 19.8. The first-order valence-electron chi connectivity index (χ1n) is 13.7. The molecule has 0 unspecified atom stereocenters. The molecule has 4 heteroatoms. The SMILES string of the molecule is c1ccc([Si](c2ccccc2)(c2ccccc2)c2cc3c4c(c2)Sc2ccccc2B4c2ccccc2S3)cc1. The number of hydrogen-bond acceptors (Lipinski definition) is 2. The van der Waals surface area contributed by atoms with Gasteiger partial charge in [-0.2, -0.15) is 0 Å². The molecule has 2 aliphatic rings. The average Bonchev–Trinajstić information content (AvgIpc) is 3.03. The highest BCUT2D eigenvalue weighted by atomic mass is 32.2. The number of rotatable bonds is 4. The lowest BCUT2D eigenvalue weighted by atomic mass is 9.36. The minimum absolute atomic E-state index is 0.273. The molecular weight excluding hydrogens is 535 g/mol. The smallest absolute Gasteiger partial charge is 0.0911 e.